The van der Waals surface area contributed by atoms with E-state index in [-0.39, 0.29) is 5.91 Å². The molecule has 0 bridgehead atoms. The minimum Gasteiger partial charge on any atom is -0.342 e. The van der Waals surface area contributed by atoms with Crippen LogP contribution in [0.25, 0.3) is 4.96 Å². The summed E-state index contributed by atoms with van der Waals surface area (Å²) >= 11 is 1.61. The van der Waals surface area contributed by atoms with E-state index in [0.717, 1.165) is 48.1 Å². The fourth-order valence-electron chi connectivity index (χ4n) is 2.95. The number of hydrogen-bond donors (Lipinski definition) is 0. The molecule has 3 rings (SSSR count). The maximum absolute atomic E-state index is 12.0. The predicted molar refractivity (Wildman–Crippen MR) is 86.0 cm³/mol. The Balaban J connectivity index is 1.80. The van der Waals surface area contributed by atoms with Gasteiger partial charge in [0.05, 0.1) is 0 Å². The van der Waals surface area contributed by atoms with Crippen molar-refractivity contribution >= 4 is 22.2 Å². The number of likely N-dealkylation sites (tertiary alicyclic amines) is 1. The topological polar surface area (TPSA) is 63.4 Å². The summed E-state index contributed by atoms with van der Waals surface area (Å²) in [6.45, 7) is 8.05. The average molecular weight is 321 g/mol. The molecule has 6 nitrogen and oxygen atoms in total. The molecule has 1 fully saturated rings. The number of aryl methyl sites for hydroxylation is 1. The molecule has 0 aliphatic carbocycles. The minimum atomic E-state index is 0.277. The van der Waals surface area contributed by atoms with Crippen LogP contribution in [0.2, 0.25) is 0 Å². The van der Waals surface area contributed by atoms with Crippen LogP contribution >= 0.6 is 11.3 Å². The maximum Gasteiger partial charge on any atom is 0.234 e. The van der Waals surface area contributed by atoms with Gasteiger partial charge in [-0.05, 0) is 18.8 Å². The van der Waals surface area contributed by atoms with E-state index in [4.69, 9.17) is 5.10 Å². The van der Waals surface area contributed by atoms with Crippen molar-refractivity contribution in [3.8, 4) is 0 Å². The summed E-state index contributed by atoms with van der Waals surface area (Å²) < 4.78 is 1.88. The van der Waals surface area contributed by atoms with Crippen LogP contribution in [-0.2, 0) is 11.2 Å². The highest BCUT2D eigenvalue weighted by atomic mass is 32.1. The van der Waals surface area contributed by atoms with E-state index in [0.29, 0.717) is 18.3 Å². The molecule has 1 aliphatic rings. The molecule has 2 aromatic heterocycles. The van der Waals surface area contributed by atoms with E-state index in [1.54, 1.807) is 11.3 Å². The number of rotatable bonds is 5. The van der Waals surface area contributed by atoms with Gasteiger partial charge in [-0.2, -0.15) is 9.61 Å². The summed E-state index contributed by atoms with van der Waals surface area (Å²) in [5, 5.41) is 14.2. The molecule has 120 valence electrons. The Morgan fingerprint density at radius 3 is 2.91 bits per heavy atom. The highest BCUT2D eigenvalue weighted by Gasteiger charge is 2.29. The van der Waals surface area contributed by atoms with E-state index in [2.05, 4.69) is 31.0 Å². The Labute approximate surface area is 134 Å². The Bertz CT molecular complexity index is 662. The van der Waals surface area contributed by atoms with Gasteiger partial charge in [0.1, 0.15) is 5.01 Å². The first kappa shape index (κ1) is 15.4. The highest BCUT2D eigenvalue weighted by molar-refractivity contribution is 7.16. The average Bonchev–Trinajstić information content (AvgIpc) is 3.03. The Hall–Kier alpha value is -1.50. The minimum absolute atomic E-state index is 0.277. The van der Waals surface area contributed by atoms with Crippen LogP contribution in [0.15, 0.2) is 0 Å². The van der Waals surface area contributed by atoms with E-state index in [1.165, 1.54) is 0 Å². The number of piperidine rings is 1. The van der Waals surface area contributed by atoms with E-state index in [1.807, 2.05) is 9.42 Å². The van der Waals surface area contributed by atoms with Crippen LogP contribution in [0.3, 0.4) is 0 Å². The fourth-order valence-corrected chi connectivity index (χ4v) is 3.93. The van der Waals surface area contributed by atoms with Gasteiger partial charge in [0.2, 0.25) is 10.9 Å². The van der Waals surface area contributed by atoms with Crippen molar-refractivity contribution in [2.24, 2.45) is 5.92 Å². The number of amides is 1. The number of aromatic nitrogens is 4. The van der Waals surface area contributed by atoms with Crippen molar-refractivity contribution in [1.82, 2.24) is 24.7 Å². The molecule has 1 amide bonds. The van der Waals surface area contributed by atoms with Crippen molar-refractivity contribution in [3.63, 3.8) is 0 Å². The van der Waals surface area contributed by atoms with Gasteiger partial charge in [0, 0.05) is 31.8 Å². The Morgan fingerprint density at radius 1 is 1.36 bits per heavy atom. The lowest BCUT2D eigenvalue weighted by molar-refractivity contribution is -0.134. The molecule has 0 aromatic carbocycles. The molecule has 1 atom stereocenters. The van der Waals surface area contributed by atoms with Crippen molar-refractivity contribution in [2.45, 2.75) is 52.4 Å². The van der Waals surface area contributed by atoms with Gasteiger partial charge < -0.3 is 4.90 Å². The number of fused-ring (bicyclic) bond motifs is 1. The largest absolute Gasteiger partial charge is 0.342 e. The van der Waals surface area contributed by atoms with Crippen LogP contribution in [0, 0.1) is 5.92 Å². The first-order valence-electron chi connectivity index (χ1n) is 8.07. The third-order valence-corrected chi connectivity index (χ3v) is 5.04. The standard InChI is InChI=1S/C15H23N5OS/c1-4-5-12-16-17-15-20(12)18-14(22-15)11-6-7-13(21)19(9-11)8-10(2)3/h10-11H,4-9H2,1-3H3. The summed E-state index contributed by atoms with van der Waals surface area (Å²) in [6, 6.07) is 0. The summed E-state index contributed by atoms with van der Waals surface area (Å²) in [7, 11) is 0. The fraction of sp³-hybridized carbons (Fsp3) is 0.733. The second-order valence-corrected chi connectivity index (χ2v) is 7.42. The third kappa shape index (κ3) is 2.99. The summed E-state index contributed by atoms with van der Waals surface area (Å²) in [4.78, 5) is 14.9. The van der Waals surface area contributed by atoms with Gasteiger partial charge in [-0.25, -0.2) is 0 Å². The molecule has 1 saturated heterocycles. The molecule has 3 heterocycles. The van der Waals surface area contributed by atoms with Crippen molar-refractivity contribution in [3.05, 3.63) is 10.8 Å². The van der Waals surface area contributed by atoms with Gasteiger partial charge in [0.15, 0.2) is 5.82 Å². The van der Waals surface area contributed by atoms with Crippen LogP contribution < -0.4 is 0 Å². The lowest BCUT2D eigenvalue weighted by atomic mass is 9.97. The second kappa shape index (κ2) is 6.32. The van der Waals surface area contributed by atoms with Crippen molar-refractivity contribution in [1.29, 1.82) is 0 Å². The number of nitrogens with zero attached hydrogens (tertiary/aromatic N) is 5. The molecule has 0 saturated carbocycles. The molecule has 22 heavy (non-hydrogen) atoms. The quantitative estimate of drug-likeness (QED) is 0.849. The molecular formula is C15H23N5OS. The lowest BCUT2D eigenvalue weighted by Gasteiger charge is -2.32. The number of carbonyl (C=O) groups excluding carboxylic acids is 1. The highest BCUT2D eigenvalue weighted by Crippen LogP contribution is 2.31. The second-order valence-electron chi connectivity index (χ2n) is 6.43. The molecule has 0 spiro atoms. The number of carbonyl (C=O) groups is 1. The zero-order chi connectivity index (χ0) is 15.7. The summed E-state index contributed by atoms with van der Waals surface area (Å²) in [5.74, 6) is 2.04. The Kier molecular flexibility index (Phi) is 4.42. The van der Waals surface area contributed by atoms with Crippen LogP contribution in [-0.4, -0.2) is 43.7 Å². The zero-order valence-corrected chi connectivity index (χ0v) is 14.3. The molecule has 0 radical (unpaired) electrons. The third-order valence-electron chi connectivity index (χ3n) is 3.98. The monoisotopic (exact) mass is 321 g/mol. The van der Waals surface area contributed by atoms with Gasteiger partial charge >= 0.3 is 0 Å². The predicted octanol–water partition coefficient (Wildman–Crippen LogP) is 2.50. The number of hydrogen-bond acceptors (Lipinski definition) is 5. The van der Waals surface area contributed by atoms with Crippen LogP contribution in [0.5, 0.6) is 0 Å². The lowest BCUT2D eigenvalue weighted by Crippen LogP contribution is -2.41. The molecule has 7 heteroatoms. The van der Waals surface area contributed by atoms with Gasteiger partial charge in [0.25, 0.3) is 0 Å². The van der Waals surface area contributed by atoms with E-state index < -0.39 is 0 Å². The molecule has 0 N–H and O–H groups in total. The Morgan fingerprint density at radius 2 is 2.18 bits per heavy atom. The van der Waals surface area contributed by atoms with Crippen LogP contribution in [0.1, 0.15) is 56.8 Å². The van der Waals surface area contributed by atoms with Gasteiger partial charge in [-0.3, -0.25) is 4.79 Å². The van der Waals surface area contributed by atoms with E-state index >= 15 is 0 Å². The maximum atomic E-state index is 12.0. The smallest absolute Gasteiger partial charge is 0.234 e. The normalized spacial score (nSPS) is 19.5. The summed E-state index contributed by atoms with van der Waals surface area (Å²) in [5.41, 5.74) is 0. The molecule has 1 unspecified atom stereocenters. The SMILES string of the molecule is CCCc1nnc2sc(C3CCC(=O)N(CC(C)C)C3)nn12. The van der Waals surface area contributed by atoms with E-state index in [9.17, 15) is 4.79 Å². The van der Waals surface area contributed by atoms with Gasteiger partial charge in [-0.1, -0.05) is 32.1 Å². The van der Waals surface area contributed by atoms with Crippen LogP contribution in [0.4, 0.5) is 0 Å². The first-order chi connectivity index (χ1) is 10.6. The first-order valence-corrected chi connectivity index (χ1v) is 8.89. The summed E-state index contributed by atoms with van der Waals surface area (Å²) in [6.07, 6.45) is 3.45. The molecule has 2 aromatic rings. The van der Waals surface area contributed by atoms with Gasteiger partial charge in [-0.15, -0.1) is 10.2 Å². The molecular weight excluding hydrogens is 298 g/mol. The van der Waals surface area contributed by atoms with Crippen molar-refractivity contribution in [2.75, 3.05) is 13.1 Å². The van der Waals surface area contributed by atoms with Crippen molar-refractivity contribution < 1.29 is 4.79 Å². The molecule has 1 aliphatic heterocycles. The zero-order valence-electron chi connectivity index (χ0n) is 13.4.